The van der Waals surface area contributed by atoms with E-state index < -0.39 is 0 Å². The van der Waals surface area contributed by atoms with Crippen LogP contribution in [0.1, 0.15) is 13.8 Å². The molecule has 3 nitrogen and oxygen atoms in total. The maximum atomic E-state index is 8.65. The average molecular weight is 179 g/mol. The van der Waals surface area contributed by atoms with Crippen molar-refractivity contribution >= 4 is 16.2 Å². The molecule has 4 heteroatoms. The predicted molar refractivity (Wildman–Crippen MR) is 51.1 cm³/mol. The summed E-state index contributed by atoms with van der Waals surface area (Å²) in [4.78, 5) is 0. The molecule has 1 atom stereocenters. The van der Waals surface area contributed by atoms with Crippen LogP contribution in [0.4, 0.5) is 0 Å². The van der Waals surface area contributed by atoms with E-state index in [1.54, 1.807) is 0 Å². The van der Waals surface area contributed by atoms with Crippen molar-refractivity contribution in [3.8, 4) is 0 Å². The molecule has 0 saturated carbocycles. The number of aliphatic hydroxyl groups excluding tert-OH is 1. The van der Waals surface area contributed by atoms with Gasteiger partial charge in [-0.05, 0) is 7.05 Å². The van der Waals surface area contributed by atoms with Gasteiger partial charge in [-0.25, -0.2) is 4.31 Å². The summed E-state index contributed by atoms with van der Waals surface area (Å²) in [5, 5.41) is 8.65. The normalized spacial score (nSPS) is 26.0. The average Bonchev–Trinajstić information content (AvgIpc) is 2.09. The van der Waals surface area contributed by atoms with Crippen molar-refractivity contribution in [1.29, 1.82) is 0 Å². The first kappa shape index (κ1) is 11.1. The van der Waals surface area contributed by atoms with E-state index in [4.69, 9.17) is 9.84 Å². The third-order valence-corrected chi connectivity index (χ3v) is 2.97. The van der Waals surface area contributed by atoms with Crippen molar-refractivity contribution in [2.45, 2.75) is 13.8 Å². The van der Waals surface area contributed by atoms with Gasteiger partial charge in [-0.15, -0.1) is 0 Å². The summed E-state index contributed by atoms with van der Waals surface area (Å²) in [6.07, 6.45) is 0. The van der Waals surface area contributed by atoms with Gasteiger partial charge >= 0.3 is 0 Å². The van der Waals surface area contributed by atoms with E-state index in [0.717, 1.165) is 12.4 Å². The van der Waals surface area contributed by atoms with Crippen LogP contribution in [0.25, 0.3) is 0 Å². The molecule has 0 aromatic rings. The highest BCUT2D eigenvalue weighted by Gasteiger charge is 2.08. The molecule has 1 rings (SSSR count). The Labute approximate surface area is 71.0 Å². The lowest BCUT2D eigenvalue weighted by molar-refractivity contribution is 0.0861. The van der Waals surface area contributed by atoms with Gasteiger partial charge in [0.05, 0.1) is 12.2 Å². The van der Waals surface area contributed by atoms with Crippen LogP contribution >= 0.6 is 10.7 Å². The Balaban J connectivity index is 0.000000461. The molecule has 11 heavy (non-hydrogen) atoms. The van der Waals surface area contributed by atoms with Crippen molar-refractivity contribution in [3.63, 3.8) is 0 Å². The van der Waals surface area contributed by atoms with Crippen LogP contribution in [0.15, 0.2) is 0 Å². The molecule has 1 aliphatic heterocycles. The lowest BCUT2D eigenvalue weighted by Crippen LogP contribution is -2.25. The summed E-state index contributed by atoms with van der Waals surface area (Å²) in [5.41, 5.74) is 1.25. The highest BCUT2D eigenvalue weighted by molar-refractivity contribution is 8.12. The molecule has 1 unspecified atom stereocenters. The van der Waals surface area contributed by atoms with Gasteiger partial charge in [-0.3, -0.25) is 0 Å². The second-order valence-electron chi connectivity index (χ2n) is 1.88. The minimum absolute atomic E-state index is 0.0575. The Morgan fingerprint density at radius 1 is 1.55 bits per heavy atom. The Kier molecular flexibility index (Phi) is 6.85. The van der Waals surface area contributed by atoms with E-state index in [0.29, 0.717) is 6.73 Å². The van der Waals surface area contributed by atoms with E-state index in [2.05, 4.69) is 0 Å². The minimum Gasteiger partial charge on any atom is -0.364 e. The summed E-state index contributed by atoms with van der Waals surface area (Å²) >= 11 is 0. The van der Waals surface area contributed by atoms with E-state index in [-0.39, 0.29) is 10.7 Å². The monoisotopic (exact) mass is 179 g/mol. The first-order valence-electron chi connectivity index (χ1n) is 3.81. The molecule has 1 heterocycles. The fraction of sp³-hybridized carbons (Fsp3) is 0.857. The number of nitrogens with zero attached hydrogens (tertiary/aromatic N) is 1. The summed E-state index contributed by atoms with van der Waals surface area (Å²) in [7, 11) is 1.88. The number of rotatable bonds is 0. The highest BCUT2D eigenvalue weighted by Crippen LogP contribution is 2.19. The lowest BCUT2D eigenvalue weighted by atomic mass is 10.8. The van der Waals surface area contributed by atoms with E-state index in [9.17, 15) is 0 Å². The SMILES string of the molecule is CC.CN1COCCS1=CO. The van der Waals surface area contributed by atoms with Gasteiger partial charge in [0.1, 0.15) is 6.73 Å². The van der Waals surface area contributed by atoms with Crippen molar-refractivity contribution in [1.82, 2.24) is 4.31 Å². The highest BCUT2D eigenvalue weighted by atomic mass is 32.2. The summed E-state index contributed by atoms with van der Waals surface area (Å²) in [5.74, 6) is 0.924. The van der Waals surface area contributed by atoms with Crippen LogP contribution in [0.5, 0.6) is 0 Å². The molecule has 0 spiro atoms. The summed E-state index contributed by atoms with van der Waals surface area (Å²) in [6.45, 7) is 5.41. The van der Waals surface area contributed by atoms with Crippen molar-refractivity contribution in [2.24, 2.45) is 0 Å². The third kappa shape index (κ3) is 3.86. The first-order valence-corrected chi connectivity index (χ1v) is 5.22. The van der Waals surface area contributed by atoms with Crippen LogP contribution in [0.2, 0.25) is 0 Å². The van der Waals surface area contributed by atoms with Gasteiger partial charge in [-0.1, -0.05) is 24.5 Å². The second kappa shape index (κ2) is 6.79. The van der Waals surface area contributed by atoms with Crippen molar-refractivity contribution in [3.05, 3.63) is 0 Å². The molecule has 0 aromatic carbocycles. The molecular weight excluding hydrogens is 162 g/mol. The van der Waals surface area contributed by atoms with Crippen LogP contribution in [0.3, 0.4) is 0 Å². The zero-order chi connectivity index (χ0) is 8.69. The van der Waals surface area contributed by atoms with Crippen LogP contribution in [-0.2, 0) is 4.74 Å². The zero-order valence-corrected chi connectivity index (χ0v) is 8.23. The van der Waals surface area contributed by atoms with Crippen LogP contribution in [-0.4, -0.2) is 41.1 Å². The molecule has 0 aliphatic carbocycles. The molecule has 0 bridgehead atoms. The summed E-state index contributed by atoms with van der Waals surface area (Å²) in [6, 6.07) is 0. The number of hydrogen-bond acceptors (Lipinski definition) is 2. The van der Waals surface area contributed by atoms with Crippen molar-refractivity contribution in [2.75, 3.05) is 26.1 Å². The topological polar surface area (TPSA) is 32.7 Å². The van der Waals surface area contributed by atoms with Crippen LogP contribution in [0, 0.1) is 0 Å². The zero-order valence-electron chi connectivity index (χ0n) is 7.41. The molecule has 1 saturated heterocycles. The third-order valence-electron chi connectivity index (χ3n) is 1.23. The maximum absolute atomic E-state index is 8.65. The first-order chi connectivity index (χ1) is 5.34. The fourth-order valence-electron chi connectivity index (χ4n) is 0.694. The van der Waals surface area contributed by atoms with Gasteiger partial charge in [0.25, 0.3) is 0 Å². The van der Waals surface area contributed by atoms with E-state index in [1.165, 1.54) is 5.55 Å². The molecule has 68 valence electrons. The van der Waals surface area contributed by atoms with Gasteiger partial charge in [0.2, 0.25) is 0 Å². The Hall–Kier alpha value is 0.1000. The predicted octanol–water partition coefficient (Wildman–Crippen LogP) is 1.43. The molecule has 1 fully saturated rings. The smallest absolute Gasteiger partial charge is 0.107 e. The van der Waals surface area contributed by atoms with E-state index in [1.807, 2.05) is 25.2 Å². The number of aliphatic hydroxyl groups is 1. The fourth-order valence-corrected chi connectivity index (χ4v) is 1.77. The standard InChI is InChI=1S/C5H11NO2S.C2H6/c1-6-4-8-2-3-9(6)5-7;1-2/h5,7H,2-4H2,1H3;1-2H3. The molecule has 0 amide bonds. The molecule has 1 aliphatic rings. The van der Waals surface area contributed by atoms with Gasteiger partial charge in [-0.2, -0.15) is 0 Å². The maximum Gasteiger partial charge on any atom is 0.107 e. The number of hydrogen-bond donors (Lipinski definition) is 1. The number of ether oxygens (including phenoxy) is 1. The quantitative estimate of drug-likeness (QED) is 0.571. The Morgan fingerprint density at radius 2 is 2.18 bits per heavy atom. The van der Waals surface area contributed by atoms with Gasteiger partial charge in [0.15, 0.2) is 0 Å². The molecule has 1 N–H and O–H groups in total. The Morgan fingerprint density at radius 3 is 2.55 bits per heavy atom. The lowest BCUT2D eigenvalue weighted by Gasteiger charge is -2.25. The minimum atomic E-state index is -0.0575. The molecular formula is C7H17NO2S. The van der Waals surface area contributed by atoms with Crippen LogP contribution < -0.4 is 0 Å². The second-order valence-corrected chi connectivity index (χ2v) is 3.92. The van der Waals surface area contributed by atoms with Gasteiger partial charge < -0.3 is 9.84 Å². The van der Waals surface area contributed by atoms with Gasteiger partial charge in [0, 0.05) is 5.75 Å². The Bertz CT molecular complexity index is 128. The molecule has 0 radical (unpaired) electrons. The summed E-state index contributed by atoms with van der Waals surface area (Å²) < 4.78 is 7.11. The molecule has 0 aromatic heterocycles. The van der Waals surface area contributed by atoms with E-state index >= 15 is 0 Å². The largest absolute Gasteiger partial charge is 0.364 e. The van der Waals surface area contributed by atoms with Crippen molar-refractivity contribution < 1.29 is 9.84 Å².